The summed E-state index contributed by atoms with van der Waals surface area (Å²) in [6.07, 6.45) is 4.93. The molecule has 0 aliphatic rings. The van der Waals surface area contributed by atoms with Crippen LogP contribution < -0.4 is 20.9 Å². The lowest BCUT2D eigenvalue weighted by Crippen LogP contribution is -2.31. The van der Waals surface area contributed by atoms with Crippen LogP contribution in [0, 0.1) is 0 Å². The molecular weight excluding hydrogens is 470 g/mol. The number of nitrogens with zero attached hydrogens (tertiary/aromatic N) is 5. The van der Waals surface area contributed by atoms with Gasteiger partial charge in [0.2, 0.25) is 0 Å². The number of aromatic nitrogens is 4. The summed E-state index contributed by atoms with van der Waals surface area (Å²) in [5, 5.41) is 16.7. The van der Waals surface area contributed by atoms with Crippen LogP contribution in [0.2, 0.25) is 0 Å². The van der Waals surface area contributed by atoms with Crippen molar-refractivity contribution in [2.24, 2.45) is 0 Å². The van der Waals surface area contributed by atoms with Crippen molar-refractivity contribution in [3.63, 3.8) is 0 Å². The fourth-order valence-electron chi connectivity index (χ4n) is 3.79. The number of likely N-dealkylation sites (N-methyl/N-ethyl adjacent to an activating group) is 2. The number of urea groups is 1. The summed E-state index contributed by atoms with van der Waals surface area (Å²) in [4.78, 5) is 37.4. The number of amides is 3. The van der Waals surface area contributed by atoms with Gasteiger partial charge in [-0.1, -0.05) is 6.07 Å². The maximum absolute atomic E-state index is 13.1. The molecule has 3 heterocycles. The third kappa shape index (κ3) is 6.01. The molecule has 0 aliphatic heterocycles. The maximum atomic E-state index is 13.1. The van der Waals surface area contributed by atoms with E-state index < -0.39 is 0 Å². The first-order chi connectivity index (χ1) is 17.9. The Balaban J connectivity index is 1.53. The lowest BCUT2D eigenvalue weighted by atomic mass is 10.0. The molecule has 4 aromatic rings. The highest BCUT2D eigenvalue weighted by Gasteiger charge is 2.16. The van der Waals surface area contributed by atoms with Gasteiger partial charge in [0, 0.05) is 50.9 Å². The van der Waals surface area contributed by atoms with Crippen molar-refractivity contribution in [3.05, 3.63) is 60.7 Å². The van der Waals surface area contributed by atoms with Crippen molar-refractivity contribution in [2.75, 3.05) is 56.3 Å². The standard InChI is InChI=1S/C26H31N9O2/c1-5-35(11-10-27-2)23-9-7-19(16-29-23)30-25(36)24-21-13-17(6-8-22(21)32-33-24)18-12-20(15-28-14-18)31-26(37)34(3)4/h6-9,12-16,27H,5,10-11H2,1-4H3,(H,30,36)(H,31,37)(H,32,33). The fourth-order valence-corrected chi connectivity index (χ4v) is 3.79. The minimum Gasteiger partial charge on any atom is -0.356 e. The Morgan fingerprint density at radius 2 is 1.81 bits per heavy atom. The topological polar surface area (TPSA) is 131 Å². The number of hydrogen-bond acceptors (Lipinski definition) is 7. The Kier molecular flexibility index (Phi) is 7.94. The predicted octanol–water partition coefficient (Wildman–Crippen LogP) is 3.41. The molecule has 0 fully saturated rings. The van der Waals surface area contributed by atoms with Crippen LogP contribution in [0.25, 0.3) is 22.0 Å². The largest absolute Gasteiger partial charge is 0.356 e. The SMILES string of the molecule is CCN(CCNC)c1ccc(NC(=O)c2n[nH]c3ccc(-c4cncc(NC(=O)N(C)C)c4)cc23)cn1. The number of pyridine rings is 2. The zero-order valence-corrected chi connectivity index (χ0v) is 21.4. The second-order valence-electron chi connectivity index (χ2n) is 8.66. The second-order valence-corrected chi connectivity index (χ2v) is 8.66. The van der Waals surface area contributed by atoms with E-state index in [4.69, 9.17) is 0 Å². The van der Waals surface area contributed by atoms with Crippen LogP contribution in [-0.4, -0.2) is 77.8 Å². The minimum absolute atomic E-state index is 0.244. The molecule has 11 nitrogen and oxygen atoms in total. The number of anilines is 3. The van der Waals surface area contributed by atoms with Crippen molar-refractivity contribution in [1.82, 2.24) is 30.4 Å². The van der Waals surface area contributed by atoms with Gasteiger partial charge in [-0.3, -0.25) is 14.9 Å². The number of carbonyl (C=O) groups excluding carboxylic acids is 2. The highest BCUT2D eigenvalue weighted by atomic mass is 16.2. The van der Waals surface area contributed by atoms with Gasteiger partial charge in [-0.25, -0.2) is 9.78 Å². The number of hydrogen-bond donors (Lipinski definition) is 4. The number of benzene rings is 1. The molecule has 0 aliphatic carbocycles. The highest BCUT2D eigenvalue weighted by Crippen LogP contribution is 2.27. The molecule has 3 aromatic heterocycles. The average Bonchev–Trinajstić information content (AvgIpc) is 3.33. The van der Waals surface area contributed by atoms with E-state index in [1.54, 1.807) is 32.7 Å². The van der Waals surface area contributed by atoms with Gasteiger partial charge in [0.25, 0.3) is 5.91 Å². The molecule has 4 N–H and O–H groups in total. The van der Waals surface area contributed by atoms with E-state index in [-0.39, 0.29) is 17.6 Å². The molecule has 0 bridgehead atoms. The molecule has 1 aromatic carbocycles. The van der Waals surface area contributed by atoms with E-state index in [0.717, 1.165) is 42.1 Å². The van der Waals surface area contributed by atoms with Crippen LogP contribution in [0.15, 0.2) is 55.0 Å². The summed E-state index contributed by atoms with van der Waals surface area (Å²) in [7, 11) is 5.25. The Morgan fingerprint density at radius 3 is 2.51 bits per heavy atom. The first-order valence-electron chi connectivity index (χ1n) is 12.0. The van der Waals surface area contributed by atoms with Gasteiger partial charge in [0.05, 0.1) is 29.3 Å². The predicted molar refractivity (Wildman–Crippen MR) is 146 cm³/mol. The lowest BCUT2D eigenvalue weighted by Gasteiger charge is -2.21. The fraction of sp³-hybridized carbons (Fsp3) is 0.269. The zero-order chi connectivity index (χ0) is 26.4. The van der Waals surface area contributed by atoms with Crippen molar-refractivity contribution in [2.45, 2.75) is 6.92 Å². The number of nitrogens with one attached hydrogen (secondary N) is 4. The van der Waals surface area contributed by atoms with E-state index in [9.17, 15) is 9.59 Å². The Bertz CT molecular complexity index is 1380. The van der Waals surface area contributed by atoms with Gasteiger partial charge in [0.15, 0.2) is 5.69 Å². The quantitative estimate of drug-likeness (QED) is 0.276. The molecule has 0 saturated carbocycles. The second kappa shape index (κ2) is 11.5. The summed E-state index contributed by atoms with van der Waals surface area (Å²) in [6, 6.07) is 11.0. The van der Waals surface area contributed by atoms with Crippen molar-refractivity contribution in [1.29, 1.82) is 0 Å². The summed E-state index contributed by atoms with van der Waals surface area (Å²) in [5.41, 5.74) is 3.79. The number of fused-ring (bicyclic) bond motifs is 1. The molecule has 37 heavy (non-hydrogen) atoms. The first-order valence-corrected chi connectivity index (χ1v) is 12.0. The molecule has 0 radical (unpaired) electrons. The van der Waals surface area contributed by atoms with Gasteiger partial charge in [-0.2, -0.15) is 5.10 Å². The molecule has 0 atom stereocenters. The van der Waals surface area contributed by atoms with Crippen molar-refractivity contribution in [3.8, 4) is 11.1 Å². The zero-order valence-electron chi connectivity index (χ0n) is 21.4. The van der Waals surface area contributed by atoms with Crippen molar-refractivity contribution < 1.29 is 9.59 Å². The van der Waals surface area contributed by atoms with Gasteiger partial charge in [0.1, 0.15) is 5.82 Å². The molecule has 192 valence electrons. The van der Waals surface area contributed by atoms with E-state index >= 15 is 0 Å². The molecule has 0 saturated heterocycles. The molecular formula is C26H31N9O2. The van der Waals surface area contributed by atoms with Crippen LogP contribution in [0.4, 0.5) is 22.0 Å². The normalized spacial score (nSPS) is 10.8. The van der Waals surface area contributed by atoms with Gasteiger partial charge >= 0.3 is 6.03 Å². The Hall–Kier alpha value is -4.51. The van der Waals surface area contributed by atoms with Gasteiger partial charge in [-0.15, -0.1) is 0 Å². The van der Waals surface area contributed by atoms with Crippen molar-refractivity contribution >= 4 is 40.0 Å². The first kappa shape index (κ1) is 25.6. The van der Waals surface area contributed by atoms with E-state index in [0.29, 0.717) is 16.8 Å². The number of carbonyl (C=O) groups is 2. The van der Waals surface area contributed by atoms with E-state index in [1.807, 2.05) is 43.4 Å². The van der Waals surface area contributed by atoms with Crippen LogP contribution >= 0.6 is 0 Å². The summed E-state index contributed by atoms with van der Waals surface area (Å²) in [5.74, 6) is 0.508. The molecule has 0 spiro atoms. The van der Waals surface area contributed by atoms with Crippen LogP contribution in [0.1, 0.15) is 17.4 Å². The summed E-state index contributed by atoms with van der Waals surface area (Å²) < 4.78 is 0. The molecule has 3 amide bonds. The number of H-pyrrole nitrogens is 1. The molecule has 4 rings (SSSR count). The highest BCUT2D eigenvalue weighted by molar-refractivity contribution is 6.11. The van der Waals surface area contributed by atoms with E-state index in [2.05, 4.69) is 47.9 Å². The summed E-state index contributed by atoms with van der Waals surface area (Å²) >= 11 is 0. The third-order valence-corrected chi connectivity index (χ3v) is 5.85. The van der Waals surface area contributed by atoms with Gasteiger partial charge in [-0.05, 0) is 49.9 Å². The lowest BCUT2D eigenvalue weighted by molar-refractivity contribution is 0.102. The molecule has 0 unspecified atom stereocenters. The Morgan fingerprint density at radius 1 is 0.973 bits per heavy atom. The average molecular weight is 502 g/mol. The Labute approximate surface area is 215 Å². The third-order valence-electron chi connectivity index (χ3n) is 5.85. The smallest absolute Gasteiger partial charge is 0.321 e. The van der Waals surface area contributed by atoms with Crippen LogP contribution in [-0.2, 0) is 0 Å². The summed E-state index contributed by atoms with van der Waals surface area (Å²) in [6.45, 7) is 4.61. The van der Waals surface area contributed by atoms with Crippen LogP contribution in [0.3, 0.4) is 0 Å². The maximum Gasteiger partial charge on any atom is 0.321 e. The van der Waals surface area contributed by atoms with Crippen LogP contribution in [0.5, 0.6) is 0 Å². The number of aromatic amines is 1. The monoisotopic (exact) mass is 501 g/mol. The molecule has 11 heteroatoms. The van der Waals surface area contributed by atoms with E-state index in [1.165, 1.54) is 4.90 Å². The number of rotatable bonds is 9. The minimum atomic E-state index is -0.342. The van der Waals surface area contributed by atoms with Gasteiger partial charge < -0.3 is 25.8 Å².